The minimum absolute atomic E-state index is 0.0358. The van der Waals surface area contributed by atoms with Gasteiger partial charge in [-0.15, -0.1) is 0 Å². The molecule has 2 saturated heterocycles. The molecule has 1 atom stereocenters. The standard InChI is InChI=1S/C23H33N3O4/c1-17-3-4-21-20(13-17)15-24(14-18(2)30-21)16-22(27)25-7-5-19(6-8-25)23(28)26-9-11-29-12-10-26/h3-4,13,18-19H,5-12,14-16H2,1-2H3/t18-/m0/s1. The molecule has 0 unspecified atom stereocenters. The minimum atomic E-state index is 0.0358. The minimum Gasteiger partial charge on any atom is -0.489 e. The molecule has 3 heterocycles. The monoisotopic (exact) mass is 415 g/mol. The van der Waals surface area contributed by atoms with E-state index in [1.165, 1.54) is 5.56 Å². The molecule has 1 aromatic rings. The van der Waals surface area contributed by atoms with Crippen molar-refractivity contribution in [3.63, 3.8) is 0 Å². The summed E-state index contributed by atoms with van der Waals surface area (Å²) in [6.45, 7) is 9.93. The van der Waals surface area contributed by atoms with E-state index in [-0.39, 0.29) is 23.8 Å². The van der Waals surface area contributed by atoms with Crippen molar-refractivity contribution in [2.45, 2.75) is 39.3 Å². The van der Waals surface area contributed by atoms with Crippen LogP contribution in [0.3, 0.4) is 0 Å². The Morgan fingerprint density at radius 1 is 1.07 bits per heavy atom. The molecule has 4 rings (SSSR count). The second-order valence-corrected chi connectivity index (χ2v) is 8.80. The van der Waals surface area contributed by atoms with Gasteiger partial charge in [0.05, 0.1) is 19.8 Å². The molecule has 0 aromatic heterocycles. The molecule has 0 bridgehead atoms. The number of aryl methyl sites for hydroxylation is 1. The molecule has 0 N–H and O–H groups in total. The van der Waals surface area contributed by atoms with Crippen LogP contribution >= 0.6 is 0 Å². The topological polar surface area (TPSA) is 62.3 Å². The highest BCUT2D eigenvalue weighted by atomic mass is 16.5. The number of rotatable bonds is 3. The molecule has 0 spiro atoms. The predicted molar refractivity (Wildman–Crippen MR) is 113 cm³/mol. The molecule has 30 heavy (non-hydrogen) atoms. The molecule has 7 nitrogen and oxygen atoms in total. The Bertz CT molecular complexity index is 770. The lowest BCUT2D eigenvalue weighted by molar-refractivity contribution is -0.144. The van der Waals surface area contributed by atoms with Crippen LogP contribution in [-0.2, 0) is 20.9 Å². The van der Waals surface area contributed by atoms with Crippen LogP contribution in [0.5, 0.6) is 5.75 Å². The normalized spacial score (nSPS) is 23.5. The van der Waals surface area contributed by atoms with Gasteiger partial charge in [0, 0.05) is 50.7 Å². The SMILES string of the molecule is Cc1ccc2c(c1)CN(CC(=O)N1CCC(C(=O)N3CCOCC3)CC1)C[C@H](C)O2. The summed E-state index contributed by atoms with van der Waals surface area (Å²) in [6, 6.07) is 6.24. The van der Waals surface area contributed by atoms with Crippen molar-refractivity contribution in [3.8, 4) is 5.75 Å². The lowest BCUT2D eigenvalue weighted by atomic mass is 9.95. The Morgan fingerprint density at radius 3 is 2.53 bits per heavy atom. The van der Waals surface area contributed by atoms with E-state index in [1.807, 2.05) is 15.9 Å². The van der Waals surface area contributed by atoms with Crippen molar-refractivity contribution >= 4 is 11.8 Å². The maximum absolute atomic E-state index is 13.0. The van der Waals surface area contributed by atoms with Gasteiger partial charge >= 0.3 is 0 Å². The fourth-order valence-electron chi connectivity index (χ4n) is 4.70. The average Bonchev–Trinajstić information content (AvgIpc) is 2.90. The van der Waals surface area contributed by atoms with E-state index in [0.717, 1.165) is 37.2 Å². The summed E-state index contributed by atoms with van der Waals surface area (Å²) >= 11 is 0. The van der Waals surface area contributed by atoms with Gasteiger partial charge < -0.3 is 19.3 Å². The molecule has 1 aromatic carbocycles. The van der Waals surface area contributed by atoms with Crippen molar-refractivity contribution in [2.24, 2.45) is 5.92 Å². The molecule has 3 aliphatic heterocycles. The smallest absolute Gasteiger partial charge is 0.236 e. The Balaban J connectivity index is 1.30. The van der Waals surface area contributed by atoms with Gasteiger partial charge in [0.25, 0.3) is 0 Å². The zero-order valence-corrected chi connectivity index (χ0v) is 18.1. The van der Waals surface area contributed by atoms with E-state index >= 15 is 0 Å². The van der Waals surface area contributed by atoms with Crippen LogP contribution in [0.2, 0.25) is 0 Å². The number of hydrogen-bond donors (Lipinski definition) is 0. The van der Waals surface area contributed by atoms with Crippen LogP contribution < -0.4 is 4.74 Å². The van der Waals surface area contributed by atoms with Gasteiger partial charge in [0.2, 0.25) is 11.8 Å². The lowest BCUT2D eigenvalue weighted by Crippen LogP contribution is -2.49. The number of ether oxygens (including phenoxy) is 2. The Kier molecular flexibility index (Phi) is 6.58. The van der Waals surface area contributed by atoms with Crippen LogP contribution in [0, 0.1) is 12.8 Å². The zero-order chi connectivity index (χ0) is 21.1. The second kappa shape index (κ2) is 9.35. The molecule has 2 fully saturated rings. The molecule has 164 valence electrons. The van der Waals surface area contributed by atoms with E-state index < -0.39 is 0 Å². The van der Waals surface area contributed by atoms with E-state index in [2.05, 4.69) is 30.9 Å². The highest BCUT2D eigenvalue weighted by molar-refractivity contribution is 5.81. The van der Waals surface area contributed by atoms with Gasteiger partial charge in [0.15, 0.2) is 0 Å². The quantitative estimate of drug-likeness (QED) is 0.752. The summed E-state index contributed by atoms with van der Waals surface area (Å²) in [4.78, 5) is 31.7. The highest BCUT2D eigenvalue weighted by Crippen LogP contribution is 2.26. The molecule has 2 amide bonds. The van der Waals surface area contributed by atoms with Crippen LogP contribution in [0.15, 0.2) is 18.2 Å². The van der Waals surface area contributed by atoms with Crippen molar-refractivity contribution in [2.75, 3.05) is 52.5 Å². The van der Waals surface area contributed by atoms with E-state index in [1.54, 1.807) is 0 Å². The number of piperidine rings is 1. The Morgan fingerprint density at radius 2 is 1.80 bits per heavy atom. The van der Waals surface area contributed by atoms with Crippen molar-refractivity contribution in [3.05, 3.63) is 29.3 Å². The maximum atomic E-state index is 13.0. The number of benzene rings is 1. The molecular formula is C23H33N3O4. The van der Waals surface area contributed by atoms with Crippen LogP contribution in [-0.4, -0.2) is 85.1 Å². The van der Waals surface area contributed by atoms with E-state index in [9.17, 15) is 9.59 Å². The predicted octanol–water partition coefficient (Wildman–Crippen LogP) is 1.68. The molecule has 0 aliphatic carbocycles. The lowest BCUT2D eigenvalue weighted by Gasteiger charge is -2.36. The third kappa shape index (κ3) is 4.95. The number of carbonyl (C=O) groups excluding carboxylic acids is 2. The molecular weight excluding hydrogens is 382 g/mol. The number of hydrogen-bond acceptors (Lipinski definition) is 5. The summed E-state index contributed by atoms with van der Waals surface area (Å²) in [7, 11) is 0. The summed E-state index contributed by atoms with van der Waals surface area (Å²) < 4.78 is 11.4. The van der Waals surface area contributed by atoms with Crippen LogP contribution in [0.4, 0.5) is 0 Å². The van der Waals surface area contributed by atoms with E-state index in [4.69, 9.17) is 9.47 Å². The van der Waals surface area contributed by atoms with Crippen LogP contribution in [0.1, 0.15) is 30.9 Å². The summed E-state index contributed by atoms with van der Waals surface area (Å²) in [5.41, 5.74) is 2.34. The maximum Gasteiger partial charge on any atom is 0.236 e. The number of nitrogens with zero attached hydrogens (tertiary/aromatic N) is 3. The third-order valence-corrected chi connectivity index (χ3v) is 6.33. The first kappa shape index (κ1) is 21.1. The van der Waals surface area contributed by atoms with Gasteiger partial charge in [-0.3, -0.25) is 14.5 Å². The number of likely N-dealkylation sites (tertiary alicyclic amines) is 1. The number of carbonyl (C=O) groups is 2. The average molecular weight is 416 g/mol. The molecule has 0 radical (unpaired) electrons. The van der Waals surface area contributed by atoms with E-state index in [0.29, 0.717) is 45.9 Å². The Hall–Kier alpha value is -2.12. The molecule has 0 saturated carbocycles. The first-order valence-electron chi connectivity index (χ1n) is 11.1. The van der Waals surface area contributed by atoms with Gasteiger partial charge in [0.1, 0.15) is 11.9 Å². The number of amides is 2. The highest BCUT2D eigenvalue weighted by Gasteiger charge is 2.32. The summed E-state index contributed by atoms with van der Waals surface area (Å²) in [5.74, 6) is 1.34. The van der Waals surface area contributed by atoms with Crippen LogP contribution in [0.25, 0.3) is 0 Å². The number of morpholine rings is 1. The van der Waals surface area contributed by atoms with Crippen molar-refractivity contribution < 1.29 is 19.1 Å². The van der Waals surface area contributed by atoms with Crippen molar-refractivity contribution in [1.82, 2.24) is 14.7 Å². The third-order valence-electron chi connectivity index (χ3n) is 6.33. The summed E-state index contributed by atoms with van der Waals surface area (Å²) in [5, 5.41) is 0. The number of fused-ring (bicyclic) bond motifs is 1. The molecule has 7 heteroatoms. The van der Waals surface area contributed by atoms with Gasteiger partial charge in [-0.2, -0.15) is 0 Å². The molecule has 3 aliphatic rings. The van der Waals surface area contributed by atoms with Crippen molar-refractivity contribution in [1.29, 1.82) is 0 Å². The summed E-state index contributed by atoms with van der Waals surface area (Å²) in [6.07, 6.45) is 1.55. The van der Waals surface area contributed by atoms with Gasteiger partial charge in [-0.05, 0) is 32.8 Å². The fourth-order valence-corrected chi connectivity index (χ4v) is 4.70. The van der Waals surface area contributed by atoms with Gasteiger partial charge in [-0.25, -0.2) is 0 Å². The first-order valence-corrected chi connectivity index (χ1v) is 11.1. The first-order chi connectivity index (χ1) is 14.5. The second-order valence-electron chi connectivity index (χ2n) is 8.80. The van der Waals surface area contributed by atoms with Gasteiger partial charge in [-0.1, -0.05) is 17.7 Å². The Labute approximate surface area is 178 Å². The zero-order valence-electron chi connectivity index (χ0n) is 18.1. The largest absolute Gasteiger partial charge is 0.489 e. The fraction of sp³-hybridized carbons (Fsp3) is 0.652.